The summed E-state index contributed by atoms with van der Waals surface area (Å²) >= 11 is 7.65. The Hall–Kier alpha value is -1.57. The standard InChI is InChI=1S/C12H10ClN3S/c1-8-16-10(7-17-8)6-15-12-4-9(5-14)2-3-11(12)13/h2-4,7,15H,6H2,1H3. The molecule has 17 heavy (non-hydrogen) atoms. The van der Waals surface area contributed by atoms with Gasteiger partial charge in [0, 0.05) is 5.38 Å². The summed E-state index contributed by atoms with van der Waals surface area (Å²) in [7, 11) is 0. The number of nitrogens with zero attached hydrogens (tertiary/aromatic N) is 2. The largest absolute Gasteiger partial charge is 0.378 e. The maximum atomic E-state index is 8.81. The van der Waals surface area contributed by atoms with Gasteiger partial charge in [-0.3, -0.25) is 0 Å². The molecule has 0 saturated carbocycles. The molecule has 0 aliphatic heterocycles. The van der Waals surface area contributed by atoms with Crippen LogP contribution in [0.25, 0.3) is 0 Å². The van der Waals surface area contributed by atoms with Gasteiger partial charge in [-0.1, -0.05) is 11.6 Å². The Morgan fingerprint density at radius 2 is 2.35 bits per heavy atom. The van der Waals surface area contributed by atoms with Crippen molar-refractivity contribution in [1.29, 1.82) is 5.26 Å². The van der Waals surface area contributed by atoms with Gasteiger partial charge >= 0.3 is 0 Å². The predicted molar refractivity (Wildman–Crippen MR) is 70.3 cm³/mol. The molecular formula is C12H10ClN3S. The van der Waals surface area contributed by atoms with Crippen LogP contribution in [0.3, 0.4) is 0 Å². The molecule has 86 valence electrons. The van der Waals surface area contributed by atoms with Crippen LogP contribution in [0.5, 0.6) is 0 Å². The van der Waals surface area contributed by atoms with Crippen LogP contribution < -0.4 is 5.32 Å². The molecule has 0 aliphatic rings. The highest BCUT2D eigenvalue weighted by molar-refractivity contribution is 7.09. The first-order valence-electron chi connectivity index (χ1n) is 5.03. The first-order chi connectivity index (χ1) is 8.19. The van der Waals surface area contributed by atoms with Gasteiger partial charge in [0.1, 0.15) is 0 Å². The number of rotatable bonds is 3. The molecule has 0 bridgehead atoms. The molecule has 0 fully saturated rings. The molecule has 2 rings (SSSR count). The highest BCUT2D eigenvalue weighted by Gasteiger charge is 2.03. The summed E-state index contributed by atoms with van der Waals surface area (Å²) in [5, 5.41) is 15.6. The van der Waals surface area contributed by atoms with Gasteiger partial charge < -0.3 is 5.32 Å². The SMILES string of the molecule is Cc1nc(CNc2cc(C#N)ccc2Cl)cs1. The third kappa shape index (κ3) is 2.96. The number of halogens is 1. The summed E-state index contributed by atoms with van der Waals surface area (Å²) in [5.41, 5.74) is 2.33. The average Bonchev–Trinajstić information content (AvgIpc) is 2.74. The normalized spacial score (nSPS) is 9.94. The molecule has 1 N–H and O–H groups in total. The second-order valence-corrected chi connectivity index (χ2v) is 4.99. The van der Waals surface area contributed by atoms with Crippen molar-refractivity contribution >= 4 is 28.6 Å². The van der Waals surface area contributed by atoms with E-state index in [-0.39, 0.29) is 0 Å². The lowest BCUT2D eigenvalue weighted by molar-refractivity contribution is 1.05. The Labute approximate surface area is 109 Å². The highest BCUT2D eigenvalue weighted by Crippen LogP contribution is 2.23. The van der Waals surface area contributed by atoms with Crippen molar-refractivity contribution < 1.29 is 0 Å². The third-order valence-corrected chi connectivity index (χ3v) is 3.37. The number of benzene rings is 1. The molecule has 5 heteroatoms. The number of aryl methyl sites for hydroxylation is 1. The van der Waals surface area contributed by atoms with Crippen LogP contribution in [-0.2, 0) is 6.54 Å². The molecule has 3 nitrogen and oxygen atoms in total. The Balaban J connectivity index is 2.11. The van der Waals surface area contributed by atoms with Crippen molar-refractivity contribution in [3.8, 4) is 6.07 Å². The minimum absolute atomic E-state index is 0.589. The second-order valence-electron chi connectivity index (χ2n) is 3.52. The van der Waals surface area contributed by atoms with Crippen molar-refractivity contribution in [2.45, 2.75) is 13.5 Å². The van der Waals surface area contributed by atoms with E-state index in [1.807, 2.05) is 12.3 Å². The van der Waals surface area contributed by atoms with Crippen molar-refractivity contribution in [2.75, 3.05) is 5.32 Å². The molecule has 0 saturated heterocycles. The fourth-order valence-electron chi connectivity index (χ4n) is 1.41. The van der Waals surface area contributed by atoms with E-state index in [1.165, 1.54) is 0 Å². The maximum Gasteiger partial charge on any atom is 0.0992 e. The molecule has 0 unspecified atom stereocenters. The number of hydrogen-bond acceptors (Lipinski definition) is 4. The Bertz CT molecular complexity index is 571. The topological polar surface area (TPSA) is 48.7 Å². The zero-order valence-corrected chi connectivity index (χ0v) is 10.8. The van der Waals surface area contributed by atoms with Gasteiger partial charge in [-0.2, -0.15) is 5.26 Å². The summed E-state index contributed by atoms with van der Waals surface area (Å²) in [6.07, 6.45) is 0. The number of nitrogens with one attached hydrogen (secondary N) is 1. The molecule has 2 aromatic rings. The summed E-state index contributed by atoms with van der Waals surface area (Å²) in [5.74, 6) is 0. The Morgan fingerprint density at radius 3 is 3.00 bits per heavy atom. The summed E-state index contributed by atoms with van der Waals surface area (Å²) in [4.78, 5) is 4.35. The molecule has 1 aromatic carbocycles. The van der Waals surface area contributed by atoms with Gasteiger partial charge in [-0.05, 0) is 25.1 Å². The van der Waals surface area contributed by atoms with Gasteiger partial charge in [0.2, 0.25) is 0 Å². The first kappa shape index (κ1) is 11.9. The number of nitriles is 1. The zero-order chi connectivity index (χ0) is 12.3. The molecule has 1 heterocycles. The van der Waals surface area contributed by atoms with Crippen LogP contribution in [-0.4, -0.2) is 4.98 Å². The van der Waals surface area contributed by atoms with Crippen LogP contribution in [0.4, 0.5) is 5.69 Å². The second kappa shape index (κ2) is 5.17. The van der Waals surface area contributed by atoms with E-state index < -0.39 is 0 Å². The zero-order valence-electron chi connectivity index (χ0n) is 9.20. The summed E-state index contributed by atoms with van der Waals surface area (Å²) < 4.78 is 0. The van der Waals surface area contributed by atoms with Crippen molar-refractivity contribution in [2.24, 2.45) is 0 Å². The number of hydrogen-bond donors (Lipinski definition) is 1. The molecular weight excluding hydrogens is 254 g/mol. The monoisotopic (exact) mass is 263 g/mol. The molecule has 0 aliphatic carbocycles. The molecule has 0 atom stereocenters. The quantitative estimate of drug-likeness (QED) is 0.921. The van der Waals surface area contributed by atoms with Crippen LogP contribution in [0, 0.1) is 18.3 Å². The van der Waals surface area contributed by atoms with Crippen LogP contribution in [0.1, 0.15) is 16.3 Å². The van der Waals surface area contributed by atoms with E-state index in [4.69, 9.17) is 16.9 Å². The van der Waals surface area contributed by atoms with Crippen molar-refractivity contribution in [1.82, 2.24) is 4.98 Å². The van der Waals surface area contributed by atoms with Gasteiger partial charge in [0.25, 0.3) is 0 Å². The lowest BCUT2D eigenvalue weighted by atomic mass is 10.2. The minimum atomic E-state index is 0.589. The minimum Gasteiger partial charge on any atom is -0.378 e. The Kier molecular flexibility index (Phi) is 3.62. The van der Waals surface area contributed by atoms with Gasteiger partial charge in [-0.15, -0.1) is 11.3 Å². The lowest BCUT2D eigenvalue weighted by Gasteiger charge is -2.06. The summed E-state index contributed by atoms with van der Waals surface area (Å²) in [6, 6.07) is 7.23. The lowest BCUT2D eigenvalue weighted by Crippen LogP contribution is -2.00. The van der Waals surface area contributed by atoms with Crippen molar-refractivity contribution in [3.63, 3.8) is 0 Å². The summed E-state index contributed by atoms with van der Waals surface area (Å²) in [6.45, 7) is 2.58. The van der Waals surface area contributed by atoms with Gasteiger partial charge in [-0.25, -0.2) is 4.98 Å². The van der Waals surface area contributed by atoms with E-state index in [1.54, 1.807) is 29.5 Å². The van der Waals surface area contributed by atoms with E-state index in [9.17, 15) is 0 Å². The van der Waals surface area contributed by atoms with Crippen LogP contribution in [0.15, 0.2) is 23.6 Å². The first-order valence-corrected chi connectivity index (χ1v) is 6.29. The van der Waals surface area contributed by atoms with Gasteiger partial charge in [0.15, 0.2) is 0 Å². The van der Waals surface area contributed by atoms with E-state index in [0.29, 0.717) is 17.1 Å². The van der Waals surface area contributed by atoms with E-state index >= 15 is 0 Å². The number of anilines is 1. The fraction of sp³-hybridized carbons (Fsp3) is 0.167. The number of thiazole rings is 1. The molecule has 0 amide bonds. The van der Waals surface area contributed by atoms with Crippen LogP contribution >= 0.6 is 22.9 Å². The average molecular weight is 264 g/mol. The van der Waals surface area contributed by atoms with Crippen molar-refractivity contribution in [3.05, 3.63) is 44.9 Å². The van der Waals surface area contributed by atoms with E-state index in [0.717, 1.165) is 16.4 Å². The fourth-order valence-corrected chi connectivity index (χ4v) is 2.20. The molecule has 0 spiro atoms. The number of aromatic nitrogens is 1. The van der Waals surface area contributed by atoms with Crippen LogP contribution in [0.2, 0.25) is 5.02 Å². The maximum absolute atomic E-state index is 8.81. The Morgan fingerprint density at radius 1 is 1.53 bits per heavy atom. The third-order valence-electron chi connectivity index (χ3n) is 2.22. The predicted octanol–water partition coefficient (Wildman–Crippen LogP) is 3.59. The molecule has 0 radical (unpaired) electrons. The van der Waals surface area contributed by atoms with E-state index in [2.05, 4.69) is 16.4 Å². The van der Waals surface area contributed by atoms with Gasteiger partial charge in [0.05, 0.1) is 39.6 Å². The smallest absolute Gasteiger partial charge is 0.0992 e. The highest BCUT2D eigenvalue weighted by atomic mass is 35.5. The molecule has 1 aromatic heterocycles.